The van der Waals surface area contributed by atoms with Gasteiger partial charge in [-0.15, -0.1) is 0 Å². The largest absolute Gasteiger partial charge is 0.379 e. The molecule has 21 heavy (non-hydrogen) atoms. The van der Waals surface area contributed by atoms with Gasteiger partial charge in [0.25, 0.3) is 0 Å². The summed E-state index contributed by atoms with van der Waals surface area (Å²) in [5.41, 5.74) is 2.63. The highest BCUT2D eigenvalue weighted by molar-refractivity contribution is 5.83. The Morgan fingerprint density at radius 1 is 1.24 bits per heavy atom. The van der Waals surface area contributed by atoms with Gasteiger partial charge in [-0.2, -0.15) is 0 Å². The van der Waals surface area contributed by atoms with Gasteiger partial charge in [0.05, 0.1) is 5.60 Å². The lowest BCUT2D eigenvalue weighted by molar-refractivity contribution is 0.0123. The Bertz CT molecular complexity index is 572. The van der Waals surface area contributed by atoms with Crippen molar-refractivity contribution in [2.24, 2.45) is 0 Å². The van der Waals surface area contributed by atoms with Crippen LogP contribution in [0.25, 0.3) is 10.9 Å². The van der Waals surface area contributed by atoms with Crippen LogP contribution in [0.15, 0.2) is 30.5 Å². The summed E-state index contributed by atoms with van der Waals surface area (Å²) in [6.45, 7) is 9.47. The molecular weight excluding hydrogens is 260 g/mol. The van der Waals surface area contributed by atoms with Crippen molar-refractivity contribution in [1.29, 1.82) is 0 Å². The van der Waals surface area contributed by atoms with E-state index in [1.807, 2.05) is 0 Å². The monoisotopic (exact) mass is 288 g/mol. The average Bonchev–Trinajstić information content (AvgIpc) is 2.90. The third-order valence-electron chi connectivity index (χ3n) is 4.15. The van der Waals surface area contributed by atoms with Crippen LogP contribution >= 0.6 is 0 Å². The van der Waals surface area contributed by atoms with Crippen LogP contribution in [0.5, 0.6) is 0 Å². The fraction of sp³-hybridized carbons (Fsp3) is 0.556. The fourth-order valence-electron chi connectivity index (χ4n) is 2.53. The fourth-order valence-corrected chi connectivity index (χ4v) is 2.53. The minimum absolute atomic E-state index is 0.0725. The van der Waals surface area contributed by atoms with Crippen molar-refractivity contribution in [3.05, 3.63) is 36.0 Å². The molecule has 2 rings (SSSR count). The van der Waals surface area contributed by atoms with Crippen molar-refractivity contribution in [2.75, 3.05) is 13.7 Å². The third kappa shape index (κ3) is 4.08. The lowest BCUT2D eigenvalue weighted by Crippen LogP contribution is -2.24. The van der Waals surface area contributed by atoms with Gasteiger partial charge in [0.2, 0.25) is 0 Å². The first-order valence-corrected chi connectivity index (χ1v) is 7.90. The molecule has 1 N–H and O–H groups in total. The van der Waals surface area contributed by atoms with Crippen LogP contribution in [0.2, 0.25) is 0 Å². The first kappa shape index (κ1) is 16.1. The molecule has 0 unspecified atom stereocenters. The number of hydrogen-bond donors (Lipinski definition) is 1. The molecule has 3 nitrogen and oxygen atoms in total. The summed E-state index contributed by atoms with van der Waals surface area (Å²) in [7, 11) is 1.78. The van der Waals surface area contributed by atoms with Gasteiger partial charge in [0.15, 0.2) is 0 Å². The van der Waals surface area contributed by atoms with E-state index in [9.17, 15) is 0 Å². The van der Waals surface area contributed by atoms with E-state index in [-0.39, 0.29) is 5.60 Å². The molecule has 0 atom stereocenters. The molecule has 0 bridgehead atoms. The molecule has 0 amide bonds. The van der Waals surface area contributed by atoms with Crippen molar-refractivity contribution in [3.8, 4) is 0 Å². The van der Waals surface area contributed by atoms with Crippen molar-refractivity contribution in [1.82, 2.24) is 9.88 Å². The van der Waals surface area contributed by atoms with E-state index in [1.165, 1.54) is 22.9 Å². The molecule has 0 spiro atoms. The minimum atomic E-state index is -0.0725. The molecule has 1 aromatic heterocycles. The molecule has 1 aromatic carbocycles. The van der Waals surface area contributed by atoms with Gasteiger partial charge in [0, 0.05) is 37.3 Å². The molecule has 0 radical (unpaired) electrons. The maximum atomic E-state index is 5.51. The topological polar surface area (TPSA) is 26.2 Å². The number of aryl methyl sites for hydroxylation is 1. The van der Waals surface area contributed by atoms with E-state index in [2.05, 4.69) is 61.1 Å². The van der Waals surface area contributed by atoms with Crippen molar-refractivity contribution >= 4 is 10.9 Å². The number of fused-ring (bicyclic) bond motifs is 1. The molecule has 0 aliphatic carbocycles. The van der Waals surface area contributed by atoms with Crippen molar-refractivity contribution in [2.45, 2.75) is 52.3 Å². The molecule has 0 saturated heterocycles. The van der Waals surface area contributed by atoms with Gasteiger partial charge in [0.1, 0.15) is 0 Å². The Labute approximate surface area is 128 Å². The summed E-state index contributed by atoms with van der Waals surface area (Å²) >= 11 is 0. The summed E-state index contributed by atoms with van der Waals surface area (Å²) in [5.74, 6) is 0. The zero-order valence-corrected chi connectivity index (χ0v) is 13.8. The zero-order chi connectivity index (χ0) is 15.3. The van der Waals surface area contributed by atoms with E-state index >= 15 is 0 Å². The highest BCUT2D eigenvalue weighted by Gasteiger charge is 2.16. The molecule has 0 aliphatic heterocycles. The Morgan fingerprint density at radius 2 is 2.05 bits per heavy atom. The molecule has 0 aliphatic rings. The second-order valence-electron chi connectivity index (χ2n) is 6.25. The van der Waals surface area contributed by atoms with Gasteiger partial charge in [-0.1, -0.05) is 19.1 Å². The average molecular weight is 288 g/mol. The SMILES string of the molecule is CCCNCc1cccc2c1ccn2CCC(C)(C)OC. The second kappa shape index (κ2) is 7.10. The van der Waals surface area contributed by atoms with Gasteiger partial charge in [-0.25, -0.2) is 0 Å². The molecule has 0 fully saturated rings. The molecular formula is C18H28N2O. The number of nitrogens with one attached hydrogen (secondary N) is 1. The molecule has 1 heterocycles. The summed E-state index contributed by atoms with van der Waals surface area (Å²) in [6.07, 6.45) is 4.37. The lowest BCUT2D eigenvalue weighted by Gasteiger charge is -2.23. The van der Waals surface area contributed by atoms with Crippen LogP contribution in [0.3, 0.4) is 0 Å². The van der Waals surface area contributed by atoms with Crippen molar-refractivity contribution < 1.29 is 4.74 Å². The standard InChI is InChI=1S/C18H28N2O/c1-5-11-19-14-15-7-6-8-17-16(15)9-12-20(17)13-10-18(2,3)21-4/h6-9,12,19H,5,10-11,13-14H2,1-4H3. The predicted molar refractivity (Wildman–Crippen MR) is 89.6 cm³/mol. The van der Waals surface area contributed by atoms with Gasteiger partial charge in [-0.3, -0.25) is 0 Å². The smallest absolute Gasteiger partial charge is 0.0639 e. The van der Waals surface area contributed by atoms with E-state index in [0.29, 0.717) is 0 Å². The van der Waals surface area contributed by atoms with Gasteiger partial charge in [-0.05, 0) is 50.9 Å². The number of nitrogens with zero attached hydrogens (tertiary/aromatic N) is 1. The maximum absolute atomic E-state index is 5.51. The lowest BCUT2D eigenvalue weighted by atomic mass is 10.1. The number of ether oxygens (including phenoxy) is 1. The minimum Gasteiger partial charge on any atom is -0.379 e. The van der Waals surface area contributed by atoms with Crippen LogP contribution in [0.1, 0.15) is 39.2 Å². The Kier molecular flexibility index (Phi) is 5.43. The number of methoxy groups -OCH3 is 1. The van der Waals surface area contributed by atoms with Crippen LogP contribution in [-0.4, -0.2) is 23.8 Å². The highest BCUT2D eigenvalue weighted by Crippen LogP contribution is 2.22. The quantitative estimate of drug-likeness (QED) is 0.744. The Balaban J connectivity index is 2.14. The normalized spacial score (nSPS) is 12.2. The molecule has 0 saturated carbocycles. The van der Waals surface area contributed by atoms with Gasteiger partial charge >= 0.3 is 0 Å². The van der Waals surface area contributed by atoms with E-state index < -0.39 is 0 Å². The van der Waals surface area contributed by atoms with Crippen LogP contribution in [-0.2, 0) is 17.8 Å². The number of hydrogen-bond acceptors (Lipinski definition) is 2. The van der Waals surface area contributed by atoms with E-state index in [0.717, 1.165) is 26.1 Å². The summed E-state index contributed by atoms with van der Waals surface area (Å²) < 4.78 is 7.85. The molecule has 116 valence electrons. The van der Waals surface area contributed by atoms with Crippen LogP contribution < -0.4 is 5.32 Å². The van der Waals surface area contributed by atoms with E-state index in [1.54, 1.807) is 7.11 Å². The van der Waals surface area contributed by atoms with E-state index in [4.69, 9.17) is 4.74 Å². The summed E-state index contributed by atoms with van der Waals surface area (Å²) in [4.78, 5) is 0. The highest BCUT2D eigenvalue weighted by atomic mass is 16.5. The Morgan fingerprint density at radius 3 is 2.76 bits per heavy atom. The molecule has 3 heteroatoms. The second-order valence-corrected chi connectivity index (χ2v) is 6.25. The molecule has 2 aromatic rings. The zero-order valence-electron chi connectivity index (χ0n) is 13.8. The van der Waals surface area contributed by atoms with Gasteiger partial charge < -0.3 is 14.6 Å². The Hall–Kier alpha value is -1.32. The summed E-state index contributed by atoms with van der Waals surface area (Å²) in [5, 5.41) is 4.85. The maximum Gasteiger partial charge on any atom is 0.0639 e. The number of benzene rings is 1. The van der Waals surface area contributed by atoms with Crippen LogP contribution in [0.4, 0.5) is 0 Å². The number of rotatable bonds is 8. The summed E-state index contributed by atoms with van der Waals surface area (Å²) in [6, 6.07) is 8.81. The predicted octanol–water partition coefficient (Wildman–Crippen LogP) is 3.96. The number of aromatic nitrogens is 1. The van der Waals surface area contributed by atoms with Crippen LogP contribution in [0, 0.1) is 0 Å². The third-order valence-corrected chi connectivity index (χ3v) is 4.15. The first-order valence-electron chi connectivity index (χ1n) is 7.90. The first-order chi connectivity index (χ1) is 10.1. The van der Waals surface area contributed by atoms with Crippen molar-refractivity contribution in [3.63, 3.8) is 0 Å².